The molecule has 1 saturated heterocycles. The second-order valence-corrected chi connectivity index (χ2v) is 17.1. The number of rotatable bonds is 14. The van der Waals surface area contributed by atoms with Gasteiger partial charge in [-0.25, -0.2) is 14.7 Å². The normalized spacial score (nSPS) is 19.3. The number of aromatic nitrogens is 1. The number of unbranched alkanes of at least 4 members (excludes halogenated alkanes) is 2. The molecule has 0 aliphatic carbocycles. The van der Waals surface area contributed by atoms with Crippen LogP contribution in [0.15, 0.2) is 71.9 Å². The van der Waals surface area contributed by atoms with Gasteiger partial charge >= 0.3 is 6.09 Å². The van der Waals surface area contributed by atoms with E-state index in [2.05, 4.69) is 4.98 Å². The zero-order valence-corrected chi connectivity index (χ0v) is 33.7. The number of aliphatic hydroxyl groups is 1. The number of phenols is 1. The molecule has 3 aromatic carbocycles. The SMILES string of the molecule is COc1cc2c(cc1OCCCCCC(=O)N1C[C@@H](CCl)c3c1cc(O)c1ccccc31)N(C(=O)OCC(C)SSc1ccccn1)C(O)[C@@H]1CCCN1C2=O. The lowest BCUT2D eigenvalue weighted by Gasteiger charge is -2.32. The Bertz CT molecular complexity index is 2080. The largest absolute Gasteiger partial charge is 0.507 e. The van der Waals surface area contributed by atoms with Crippen LogP contribution in [-0.4, -0.2) is 94.8 Å². The zero-order chi connectivity index (χ0) is 39.3. The third-order valence-electron chi connectivity index (χ3n) is 10.4. The van der Waals surface area contributed by atoms with Crippen LogP contribution in [0.3, 0.4) is 0 Å². The first-order valence-corrected chi connectivity index (χ1v) is 21.6. The number of phenolic OH excluding ortho intramolecular Hbond substituents is 1. The predicted molar refractivity (Wildman–Crippen MR) is 219 cm³/mol. The van der Waals surface area contributed by atoms with Gasteiger partial charge in [-0.05, 0) is 79.0 Å². The number of methoxy groups -OCH3 is 1. The number of carbonyl (C=O) groups is 3. The molecule has 12 nitrogen and oxygen atoms in total. The molecule has 4 aromatic rings. The van der Waals surface area contributed by atoms with Gasteiger partial charge in [-0.3, -0.25) is 9.59 Å². The van der Waals surface area contributed by atoms with Gasteiger partial charge in [0.05, 0.1) is 36.7 Å². The van der Waals surface area contributed by atoms with E-state index in [0.29, 0.717) is 74.7 Å². The first-order chi connectivity index (χ1) is 27.2. The highest BCUT2D eigenvalue weighted by molar-refractivity contribution is 8.76. The van der Waals surface area contributed by atoms with E-state index in [0.717, 1.165) is 26.3 Å². The summed E-state index contributed by atoms with van der Waals surface area (Å²) in [6.45, 7) is 3.22. The van der Waals surface area contributed by atoms with Crippen LogP contribution in [0.5, 0.6) is 17.2 Å². The first kappa shape index (κ1) is 39.8. The van der Waals surface area contributed by atoms with Crippen molar-refractivity contribution in [2.24, 2.45) is 0 Å². The number of hydrogen-bond donors (Lipinski definition) is 2. The van der Waals surface area contributed by atoms with Gasteiger partial charge < -0.3 is 34.2 Å². The molecule has 4 atom stereocenters. The molecule has 2 N–H and O–H groups in total. The predicted octanol–water partition coefficient (Wildman–Crippen LogP) is 7.97. The second-order valence-electron chi connectivity index (χ2n) is 14.1. The van der Waals surface area contributed by atoms with Crippen molar-refractivity contribution in [1.29, 1.82) is 0 Å². The Balaban J connectivity index is 0.990. The molecule has 0 spiro atoms. The molecule has 0 saturated carbocycles. The number of hydrogen-bond acceptors (Lipinski definition) is 11. The summed E-state index contributed by atoms with van der Waals surface area (Å²) < 4.78 is 17.6. The van der Waals surface area contributed by atoms with Crippen molar-refractivity contribution < 1.29 is 38.8 Å². The van der Waals surface area contributed by atoms with Gasteiger partial charge in [0.1, 0.15) is 17.4 Å². The number of aromatic hydroxyl groups is 1. The average molecular weight is 821 g/mol. The van der Waals surface area contributed by atoms with E-state index in [1.54, 1.807) is 34.2 Å². The molecule has 3 aliphatic rings. The van der Waals surface area contributed by atoms with Gasteiger partial charge in [-0.15, -0.1) is 11.6 Å². The zero-order valence-electron chi connectivity index (χ0n) is 31.3. The number of nitrogens with zero attached hydrogens (tertiary/aromatic N) is 4. The smallest absolute Gasteiger partial charge is 0.416 e. The molecule has 1 aromatic heterocycles. The van der Waals surface area contributed by atoms with E-state index < -0.39 is 18.4 Å². The highest BCUT2D eigenvalue weighted by Gasteiger charge is 2.45. The van der Waals surface area contributed by atoms with Gasteiger partial charge in [0.2, 0.25) is 5.91 Å². The maximum atomic E-state index is 13.8. The lowest BCUT2D eigenvalue weighted by atomic mass is 9.95. The van der Waals surface area contributed by atoms with Crippen molar-refractivity contribution in [1.82, 2.24) is 9.88 Å². The number of alkyl halides is 1. The minimum atomic E-state index is -1.33. The number of aliphatic hydroxyl groups excluding tert-OH is 1. The van der Waals surface area contributed by atoms with Crippen molar-refractivity contribution in [3.63, 3.8) is 0 Å². The van der Waals surface area contributed by atoms with E-state index >= 15 is 0 Å². The fourth-order valence-electron chi connectivity index (χ4n) is 7.70. The molecule has 1 fully saturated rings. The van der Waals surface area contributed by atoms with Gasteiger partial charge in [0.25, 0.3) is 5.91 Å². The number of carbonyl (C=O) groups excluding carboxylic acids is 3. The summed E-state index contributed by atoms with van der Waals surface area (Å²) in [5.74, 6) is 0.775. The first-order valence-electron chi connectivity index (χ1n) is 18.8. The molecule has 3 amide bonds. The summed E-state index contributed by atoms with van der Waals surface area (Å²) in [5, 5.41) is 24.7. The summed E-state index contributed by atoms with van der Waals surface area (Å²) in [4.78, 5) is 49.9. The van der Waals surface area contributed by atoms with E-state index in [9.17, 15) is 24.6 Å². The Hall–Kier alpha value is -4.37. The minimum absolute atomic E-state index is 0.0271. The second kappa shape index (κ2) is 17.8. The van der Waals surface area contributed by atoms with Crippen LogP contribution in [-0.2, 0) is 9.53 Å². The number of pyridine rings is 1. The van der Waals surface area contributed by atoms with Crippen molar-refractivity contribution in [2.75, 3.05) is 49.1 Å². The minimum Gasteiger partial charge on any atom is -0.507 e. The highest BCUT2D eigenvalue weighted by atomic mass is 35.5. The van der Waals surface area contributed by atoms with Crippen molar-refractivity contribution in [3.05, 3.63) is 78.0 Å². The fraction of sp³-hybridized carbons (Fsp3) is 0.415. The summed E-state index contributed by atoms with van der Waals surface area (Å²) in [6.07, 6.45) is 3.12. The monoisotopic (exact) mass is 820 g/mol. The van der Waals surface area contributed by atoms with Gasteiger partial charge in [-0.2, -0.15) is 0 Å². The Morgan fingerprint density at radius 3 is 2.61 bits per heavy atom. The lowest BCUT2D eigenvalue weighted by Crippen LogP contribution is -2.51. The van der Waals surface area contributed by atoms with E-state index in [1.165, 1.54) is 28.7 Å². The Morgan fingerprint density at radius 2 is 1.84 bits per heavy atom. The Morgan fingerprint density at radius 1 is 1.04 bits per heavy atom. The van der Waals surface area contributed by atoms with E-state index in [-0.39, 0.29) is 53.2 Å². The van der Waals surface area contributed by atoms with Crippen LogP contribution in [0.2, 0.25) is 0 Å². The maximum Gasteiger partial charge on any atom is 0.416 e. The summed E-state index contributed by atoms with van der Waals surface area (Å²) in [7, 11) is 4.48. The van der Waals surface area contributed by atoms with Crippen molar-refractivity contribution >= 4 is 73.2 Å². The van der Waals surface area contributed by atoms with Gasteiger partial charge in [-0.1, -0.05) is 41.1 Å². The van der Waals surface area contributed by atoms with E-state index in [1.807, 2.05) is 49.4 Å². The quantitative estimate of drug-likeness (QED) is 0.0727. The molecule has 2 unspecified atom stereocenters. The van der Waals surface area contributed by atoms with Crippen LogP contribution in [0.25, 0.3) is 10.8 Å². The van der Waals surface area contributed by atoms with Crippen LogP contribution in [0.1, 0.15) is 67.3 Å². The number of anilines is 2. The molecule has 4 heterocycles. The summed E-state index contributed by atoms with van der Waals surface area (Å²) in [5.41, 5.74) is 2.11. The molecule has 7 rings (SSSR count). The van der Waals surface area contributed by atoms with Crippen molar-refractivity contribution in [2.45, 2.75) is 73.9 Å². The van der Waals surface area contributed by atoms with Gasteiger partial charge in [0, 0.05) is 60.3 Å². The average Bonchev–Trinajstić information content (AvgIpc) is 3.85. The number of fused-ring (bicyclic) bond motifs is 5. The number of benzene rings is 3. The third-order valence-corrected chi connectivity index (χ3v) is 13.6. The van der Waals surface area contributed by atoms with Crippen LogP contribution < -0.4 is 19.3 Å². The highest BCUT2D eigenvalue weighted by Crippen LogP contribution is 2.46. The fourth-order valence-corrected chi connectivity index (χ4v) is 9.82. The van der Waals surface area contributed by atoms with Crippen LogP contribution in [0, 0.1) is 0 Å². The Kier molecular flexibility index (Phi) is 12.7. The molecule has 0 bridgehead atoms. The van der Waals surface area contributed by atoms with E-state index in [4.69, 9.17) is 25.8 Å². The molecule has 0 radical (unpaired) electrons. The molecule has 296 valence electrons. The van der Waals surface area contributed by atoms with Crippen molar-refractivity contribution in [3.8, 4) is 17.2 Å². The molecular formula is C41H45ClN4O8S2. The van der Waals surface area contributed by atoms with Crippen LogP contribution >= 0.6 is 33.2 Å². The standard InChI is InChI=1S/C41H45ClN4O8S2/c1-25(55-56-36-14-7-8-16-43-36)24-54-41(51)46-31-21-35(34(52-2)19-29(31)39(49)44-17-10-13-30(44)40(46)50)53-18-9-3-4-15-37(48)45-23-26(22-42)38-28-12-6-5-11-27(28)33(47)20-32(38)45/h5-8,11-12,14,16,19-21,25-26,30,40,47,50H,3-4,9-10,13,15,17-18,22-24H2,1-2H3/t25?,26-,30+,40?/m1/s1. The molecule has 56 heavy (non-hydrogen) atoms. The number of amides is 3. The van der Waals surface area contributed by atoms with Crippen LogP contribution in [0.4, 0.5) is 16.2 Å². The number of halogens is 1. The topological polar surface area (TPSA) is 142 Å². The third kappa shape index (κ3) is 8.20. The summed E-state index contributed by atoms with van der Waals surface area (Å²) in [6, 6.07) is 17.5. The molecule has 3 aliphatic heterocycles. The Labute approximate surface area is 338 Å². The molecular weight excluding hydrogens is 776 g/mol. The summed E-state index contributed by atoms with van der Waals surface area (Å²) >= 11 is 6.36. The maximum absolute atomic E-state index is 13.8. The van der Waals surface area contributed by atoms with Gasteiger partial charge in [0.15, 0.2) is 17.7 Å². The lowest BCUT2D eigenvalue weighted by molar-refractivity contribution is -0.118. The molecule has 15 heteroatoms. The number of ether oxygens (including phenoxy) is 3.